The minimum atomic E-state index is -0.729. The Morgan fingerprint density at radius 1 is 1.53 bits per heavy atom. The van der Waals surface area contributed by atoms with E-state index in [-0.39, 0.29) is 11.1 Å². The molecule has 84 valence electrons. The molecule has 1 aromatic carbocycles. The first-order valence-electron chi connectivity index (χ1n) is 4.93. The van der Waals surface area contributed by atoms with Gasteiger partial charge in [0.25, 0.3) is 0 Å². The highest BCUT2D eigenvalue weighted by Gasteiger charge is 2.14. The lowest BCUT2D eigenvalue weighted by molar-refractivity contribution is 0.157. The average molecular weight is 232 g/mol. The van der Waals surface area contributed by atoms with E-state index < -0.39 is 11.9 Å². The summed E-state index contributed by atoms with van der Waals surface area (Å²) in [5, 5.41) is 10.0. The zero-order valence-corrected chi connectivity index (χ0v) is 9.34. The fourth-order valence-corrected chi connectivity index (χ4v) is 1.65. The van der Waals surface area contributed by atoms with E-state index in [1.165, 1.54) is 18.2 Å². The Hall–Kier alpha value is -0.640. The maximum absolute atomic E-state index is 12.7. The normalized spacial score (nSPS) is 15.0. The van der Waals surface area contributed by atoms with Crippen LogP contribution in [0.25, 0.3) is 0 Å². The van der Waals surface area contributed by atoms with Gasteiger partial charge in [0.1, 0.15) is 5.82 Å². The number of hydrogen-bond acceptors (Lipinski definition) is 2. The molecular weight excluding hydrogens is 217 g/mol. The number of aliphatic hydroxyl groups is 1. The van der Waals surface area contributed by atoms with Crippen LogP contribution < -0.4 is 5.73 Å². The van der Waals surface area contributed by atoms with Gasteiger partial charge in [0.15, 0.2) is 0 Å². The molecule has 0 fully saturated rings. The molecule has 15 heavy (non-hydrogen) atoms. The van der Waals surface area contributed by atoms with E-state index in [1.54, 1.807) is 0 Å². The van der Waals surface area contributed by atoms with Gasteiger partial charge in [-0.15, -0.1) is 0 Å². The fraction of sp³-hybridized carbons (Fsp3) is 0.455. The third-order valence-electron chi connectivity index (χ3n) is 2.37. The van der Waals surface area contributed by atoms with Crippen LogP contribution in [0, 0.1) is 5.82 Å². The molecule has 0 saturated heterocycles. The minimum absolute atomic E-state index is 0.0684. The van der Waals surface area contributed by atoms with Gasteiger partial charge in [0.2, 0.25) is 0 Å². The maximum atomic E-state index is 12.7. The summed E-state index contributed by atoms with van der Waals surface area (Å²) >= 11 is 5.81. The van der Waals surface area contributed by atoms with Crippen molar-refractivity contribution in [2.24, 2.45) is 5.73 Å². The standard InChI is InChI=1S/C11H15ClFNO/c1-2-8(14)6-11(15)9-4-3-7(13)5-10(9)12/h3-5,8,11,15H,2,6,14H2,1H3. The van der Waals surface area contributed by atoms with Gasteiger partial charge in [0, 0.05) is 11.1 Å². The predicted octanol–water partition coefficient (Wildman–Crippen LogP) is 2.64. The molecule has 0 aliphatic carbocycles. The molecule has 1 aromatic rings. The van der Waals surface area contributed by atoms with E-state index in [1.807, 2.05) is 6.92 Å². The van der Waals surface area contributed by atoms with Crippen LogP contribution in [0.1, 0.15) is 31.4 Å². The van der Waals surface area contributed by atoms with Gasteiger partial charge in [-0.25, -0.2) is 4.39 Å². The van der Waals surface area contributed by atoms with E-state index in [0.717, 1.165) is 6.42 Å². The molecule has 0 aliphatic rings. The molecule has 0 aliphatic heterocycles. The van der Waals surface area contributed by atoms with Gasteiger partial charge in [-0.05, 0) is 30.5 Å². The third kappa shape index (κ3) is 3.45. The summed E-state index contributed by atoms with van der Waals surface area (Å²) in [6.07, 6.45) is 0.491. The second kappa shape index (κ2) is 5.45. The number of nitrogens with two attached hydrogens (primary N) is 1. The smallest absolute Gasteiger partial charge is 0.124 e. The number of aliphatic hydroxyl groups excluding tert-OH is 1. The van der Waals surface area contributed by atoms with E-state index in [9.17, 15) is 9.50 Å². The van der Waals surface area contributed by atoms with Gasteiger partial charge in [-0.1, -0.05) is 24.6 Å². The van der Waals surface area contributed by atoms with Crippen LogP contribution in [0.4, 0.5) is 4.39 Å². The maximum Gasteiger partial charge on any atom is 0.124 e. The number of hydrogen-bond donors (Lipinski definition) is 2. The highest BCUT2D eigenvalue weighted by atomic mass is 35.5. The minimum Gasteiger partial charge on any atom is -0.388 e. The van der Waals surface area contributed by atoms with Crippen LogP contribution >= 0.6 is 11.6 Å². The number of benzene rings is 1. The van der Waals surface area contributed by atoms with Crippen LogP contribution in [-0.4, -0.2) is 11.1 Å². The molecule has 2 atom stereocenters. The summed E-state index contributed by atoms with van der Waals surface area (Å²) in [7, 11) is 0. The molecule has 2 nitrogen and oxygen atoms in total. The van der Waals surface area contributed by atoms with Crippen molar-refractivity contribution in [2.75, 3.05) is 0 Å². The first-order valence-corrected chi connectivity index (χ1v) is 5.31. The van der Waals surface area contributed by atoms with Crippen molar-refractivity contribution in [3.8, 4) is 0 Å². The topological polar surface area (TPSA) is 46.2 Å². The SMILES string of the molecule is CCC(N)CC(O)c1ccc(F)cc1Cl. The quantitative estimate of drug-likeness (QED) is 0.837. The second-order valence-corrected chi connectivity index (χ2v) is 3.99. The van der Waals surface area contributed by atoms with Crippen molar-refractivity contribution in [1.82, 2.24) is 0 Å². The lowest BCUT2D eigenvalue weighted by Crippen LogP contribution is -2.21. The number of halogens is 2. The first kappa shape index (κ1) is 12.4. The van der Waals surface area contributed by atoms with Crippen LogP contribution in [0.2, 0.25) is 5.02 Å². The van der Waals surface area contributed by atoms with Crippen LogP contribution in [-0.2, 0) is 0 Å². The van der Waals surface area contributed by atoms with Gasteiger partial charge in [-0.2, -0.15) is 0 Å². The summed E-state index contributed by atoms with van der Waals surface area (Å²) in [6.45, 7) is 1.95. The summed E-state index contributed by atoms with van der Waals surface area (Å²) in [6, 6.07) is 3.89. The van der Waals surface area contributed by atoms with Gasteiger partial charge >= 0.3 is 0 Å². The molecule has 0 bridgehead atoms. The van der Waals surface area contributed by atoms with Crippen molar-refractivity contribution in [2.45, 2.75) is 31.9 Å². The molecule has 0 radical (unpaired) electrons. The van der Waals surface area contributed by atoms with E-state index in [2.05, 4.69) is 0 Å². The Bertz CT molecular complexity index is 332. The second-order valence-electron chi connectivity index (χ2n) is 3.59. The van der Waals surface area contributed by atoms with Crippen molar-refractivity contribution < 1.29 is 9.50 Å². The summed E-state index contributed by atoms with van der Waals surface area (Å²) in [5.74, 6) is -0.407. The lowest BCUT2D eigenvalue weighted by atomic mass is 10.0. The van der Waals surface area contributed by atoms with E-state index >= 15 is 0 Å². The summed E-state index contributed by atoms with van der Waals surface area (Å²) in [4.78, 5) is 0. The highest BCUT2D eigenvalue weighted by Crippen LogP contribution is 2.26. The summed E-state index contributed by atoms with van der Waals surface area (Å²) in [5.41, 5.74) is 6.24. The van der Waals surface area contributed by atoms with Crippen LogP contribution in [0.15, 0.2) is 18.2 Å². The van der Waals surface area contributed by atoms with Gasteiger partial charge < -0.3 is 10.8 Å². The molecule has 3 N–H and O–H groups in total. The fourth-order valence-electron chi connectivity index (χ4n) is 1.35. The molecule has 0 saturated carbocycles. The molecule has 4 heteroatoms. The molecule has 0 aromatic heterocycles. The Balaban J connectivity index is 2.77. The van der Waals surface area contributed by atoms with E-state index in [4.69, 9.17) is 17.3 Å². The Morgan fingerprint density at radius 3 is 2.73 bits per heavy atom. The van der Waals surface area contributed by atoms with E-state index in [0.29, 0.717) is 12.0 Å². The monoisotopic (exact) mass is 231 g/mol. The molecular formula is C11H15ClFNO. The molecule has 1 rings (SSSR count). The van der Waals surface area contributed by atoms with Crippen molar-refractivity contribution in [3.63, 3.8) is 0 Å². The van der Waals surface area contributed by atoms with Crippen molar-refractivity contribution >= 4 is 11.6 Å². The average Bonchev–Trinajstić information content (AvgIpc) is 2.17. The largest absolute Gasteiger partial charge is 0.388 e. The number of rotatable bonds is 4. The Kier molecular flexibility index (Phi) is 4.51. The zero-order chi connectivity index (χ0) is 11.4. The Labute approximate surface area is 93.9 Å². The highest BCUT2D eigenvalue weighted by molar-refractivity contribution is 6.31. The molecule has 0 heterocycles. The third-order valence-corrected chi connectivity index (χ3v) is 2.70. The first-order chi connectivity index (χ1) is 7.04. The van der Waals surface area contributed by atoms with Gasteiger partial charge in [0.05, 0.1) is 6.10 Å². The molecule has 0 amide bonds. The summed E-state index contributed by atoms with van der Waals surface area (Å²) < 4.78 is 12.7. The van der Waals surface area contributed by atoms with Crippen molar-refractivity contribution in [1.29, 1.82) is 0 Å². The predicted molar refractivity (Wildman–Crippen MR) is 59.3 cm³/mol. The van der Waals surface area contributed by atoms with Crippen LogP contribution in [0.5, 0.6) is 0 Å². The van der Waals surface area contributed by atoms with Crippen molar-refractivity contribution in [3.05, 3.63) is 34.6 Å². The van der Waals surface area contributed by atoms with Crippen LogP contribution in [0.3, 0.4) is 0 Å². The zero-order valence-electron chi connectivity index (χ0n) is 8.58. The molecule has 0 spiro atoms. The Morgan fingerprint density at radius 2 is 2.20 bits per heavy atom. The lowest BCUT2D eigenvalue weighted by Gasteiger charge is -2.16. The van der Waals surface area contributed by atoms with Gasteiger partial charge in [-0.3, -0.25) is 0 Å². The molecule has 2 unspecified atom stereocenters.